The van der Waals surface area contributed by atoms with Crippen LogP contribution in [-0.2, 0) is 21.1 Å². The van der Waals surface area contributed by atoms with E-state index in [0.717, 1.165) is 45.5 Å². The van der Waals surface area contributed by atoms with Crippen molar-refractivity contribution in [3.8, 4) is 20.9 Å². The predicted molar refractivity (Wildman–Crippen MR) is 242 cm³/mol. The zero-order chi connectivity index (χ0) is 39.0. The highest BCUT2D eigenvalue weighted by molar-refractivity contribution is 8.30. The molecule has 4 heterocycles. The number of ether oxygens (including phenoxy) is 1. The van der Waals surface area contributed by atoms with Crippen molar-refractivity contribution < 1.29 is 14.3 Å². The minimum absolute atomic E-state index is 0.265. The maximum absolute atomic E-state index is 13.7. The molecule has 0 N–H and O–H groups in total. The van der Waals surface area contributed by atoms with Crippen molar-refractivity contribution in [2.75, 3.05) is 11.4 Å². The number of aromatic nitrogens is 1. The molecule has 7 nitrogen and oxygen atoms in total. The first-order chi connectivity index (χ1) is 27.9. The molecular weight excluding hydrogens is 807 g/mol. The number of rotatable bonds is 10. The molecule has 12 heteroatoms. The number of hydrogen-bond donors (Lipinski definition) is 0. The van der Waals surface area contributed by atoms with Crippen LogP contribution in [0.25, 0.3) is 52.0 Å². The number of anilines is 3. The summed E-state index contributed by atoms with van der Waals surface area (Å²) in [7, 11) is 0. The predicted octanol–water partition coefficient (Wildman–Crippen LogP) is 10.1. The molecule has 1 aliphatic heterocycles. The fourth-order valence-corrected chi connectivity index (χ4v) is 11.6. The van der Waals surface area contributed by atoms with Crippen LogP contribution in [0.1, 0.15) is 12.5 Å². The molecule has 8 aromatic rings. The SMILES string of the molecule is CCN1C(=O)/C(=c2/s/c(=C/c3ccc(N(c4ccc(-c5cc6ccccc6s5)cc4)c4ccc(-c5cc6ccccc6s5)cc4)cc3)c(=O)n2COC=O)SC1=S. The first kappa shape index (κ1) is 37.0. The number of hydrogen-bond acceptors (Lipinski definition) is 10. The Labute approximate surface area is 349 Å². The van der Waals surface area contributed by atoms with Crippen molar-refractivity contribution in [1.29, 1.82) is 0 Å². The van der Waals surface area contributed by atoms with Gasteiger partial charge in [0, 0.05) is 42.8 Å². The molecule has 57 heavy (non-hydrogen) atoms. The molecule has 0 saturated carbocycles. The Bertz CT molecular complexity index is 2830. The number of benzene rings is 5. The Morgan fingerprint density at radius 2 is 1.23 bits per heavy atom. The summed E-state index contributed by atoms with van der Waals surface area (Å²) >= 11 is 11.3. The van der Waals surface area contributed by atoms with Crippen molar-refractivity contribution in [2.45, 2.75) is 13.7 Å². The van der Waals surface area contributed by atoms with Gasteiger partial charge in [-0.1, -0.05) is 96.8 Å². The smallest absolute Gasteiger partial charge is 0.294 e. The van der Waals surface area contributed by atoms with Crippen molar-refractivity contribution in [1.82, 2.24) is 9.47 Å². The number of thioether (sulfide) groups is 1. The second kappa shape index (κ2) is 15.7. The lowest BCUT2D eigenvalue weighted by molar-refractivity contribution is -0.132. The third kappa shape index (κ3) is 7.15. The number of carbonyl (C=O) groups is 2. The summed E-state index contributed by atoms with van der Waals surface area (Å²) in [6.45, 7) is 2.24. The summed E-state index contributed by atoms with van der Waals surface area (Å²) in [6, 6.07) is 46.7. The molecule has 0 aliphatic carbocycles. The van der Waals surface area contributed by atoms with E-state index < -0.39 is 0 Å². The average Bonchev–Trinajstić information content (AvgIpc) is 4.01. The highest BCUT2D eigenvalue weighted by atomic mass is 32.2. The van der Waals surface area contributed by atoms with E-state index in [0.29, 0.717) is 25.0 Å². The topological polar surface area (TPSA) is 71.8 Å². The maximum atomic E-state index is 13.7. The molecule has 0 radical (unpaired) electrons. The summed E-state index contributed by atoms with van der Waals surface area (Å²) in [6.07, 6.45) is 1.79. The zero-order valence-corrected chi connectivity index (χ0v) is 34.4. The minimum atomic E-state index is -0.359. The monoisotopic (exact) mass is 837 g/mol. The van der Waals surface area contributed by atoms with E-state index in [1.54, 1.807) is 28.7 Å². The second-order valence-corrected chi connectivity index (χ2v) is 17.9. The Morgan fingerprint density at radius 3 is 1.72 bits per heavy atom. The molecule has 1 fully saturated rings. The largest absolute Gasteiger partial charge is 0.446 e. The van der Waals surface area contributed by atoms with Gasteiger partial charge in [-0.25, -0.2) is 0 Å². The normalized spacial score (nSPS) is 14.3. The minimum Gasteiger partial charge on any atom is -0.446 e. The molecule has 3 aromatic heterocycles. The van der Waals surface area contributed by atoms with Crippen LogP contribution in [0.3, 0.4) is 0 Å². The summed E-state index contributed by atoms with van der Waals surface area (Å²) in [5.74, 6) is -0.265. The lowest BCUT2D eigenvalue weighted by atomic mass is 10.1. The molecule has 0 bridgehead atoms. The summed E-state index contributed by atoms with van der Waals surface area (Å²) in [4.78, 5) is 44.5. The molecule has 1 saturated heterocycles. The van der Waals surface area contributed by atoms with Crippen LogP contribution in [0.5, 0.6) is 0 Å². The quantitative estimate of drug-likeness (QED) is 0.100. The number of carbonyl (C=O) groups excluding carboxylic acids is 2. The third-order valence-electron chi connectivity index (χ3n) is 9.66. The van der Waals surface area contributed by atoms with Gasteiger partial charge in [-0.2, -0.15) is 0 Å². The van der Waals surface area contributed by atoms with E-state index in [-0.39, 0.29) is 24.7 Å². The van der Waals surface area contributed by atoms with Gasteiger partial charge in [0.05, 0.1) is 4.53 Å². The van der Waals surface area contributed by atoms with Gasteiger partial charge in [0.1, 0.15) is 13.9 Å². The van der Waals surface area contributed by atoms with Crippen molar-refractivity contribution >= 4 is 123 Å². The van der Waals surface area contributed by atoms with Crippen LogP contribution in [-0.4, -0.2) is 32.7 Å². The van der Waals surface area contributed by atoms with Crippen LogP contribution in [0.15, 0.2) is 138 Å². The molecule has 5 aromatic carbocycles. The van der Waals surface area contributed by atoms with E-state index in [1.807, 2.05) is 31.2 Å². The van der Waals surface area contributed by atoms with Crippen molar-refractivity contribution in [3.63, 3.8) is 0 Å². The van der Waals surface area contributed by atoms with Crippen LogP contribution < -0.4 is 19.7 Å². The highest BCUT2D eigenvalue weighted by Crippen LogP contribution is 2.40. The molecule has 9 rings (SSSR count). The van der Waals surface area contributed by atoms with Crippen molar-refractivity contribution in [2.24, 2.45) is 0 Å². The maximum Gasteiger partial charge on any atom is 0.294 e. The van der Waals surface area contributed by atoms with Crippen LogP contribution in [0.2, 0.25) is 0 Å². The van der Waals surface area contributed by atoms with E-state index >= 15 is 0 Å². The lowest BCUT2D eigenvalue weighted by Crippen LogP contribution is -2.34. The number of thiazole rings is 1. The van der Waals surface area contributed by atoms with Crippen molar-refractivity contribution in [3.05, 3.63) is 159 Å². The van der Waals surface area contributed by atoms with Crippen LogP contribution in [0, 0.1) is 0 Å². The number of thiophene rings is 2. The van der Waals surface area contributed by atoms with Gasteiger partial charge in [-0.15, -0.1) is 34.0 Å². The van der Waals surface area contributed by atoms with Gasteiger partial charge >= 0.3 is 0 Å². The number of nitrogens with zero attached hydrogens (tertiary/aromatic N) is 3. The number of fused-ring (bicyclic) bond motifs is 2. The molecule has 0 spiro atoms. The molecule has 0 unspecified atom stereocenters. The Balaban J connectivity index is 1.09. The number of amides is 1. The summed E-state index contributed by atoms with van der Waals surface area (Å²) < 4.78 is 10.1. The second-order valence-electron chi connectivity index (χ2n) is 13.1. The fourth-order valence-electron chi connectivity index (χ4n) is 6.83. The van der Waals surface area contributed by atoms with E-state index in [9.17, 15) is 14.4 Å². The molecule has 1 amide bonds. The van der Waals surface area contributed by atoms with Gasteiger partial charge in [-0.05, 0) is 101 Å². The summed E-state index contributed by atoms with van der Waals surface area (Å²) in [5, 5.41) is 2.48. The van der Waals surface area contributed by atoms with Gasteiger partial charge in [-0.3, -0.25) is 23.9 Å². The molecule has 1 aliphatic rings. The Kier molecular flexibility index (Phi) is 10.2. The van der Waals surface area contributed by atoms with E-state index in [4.69, 9.17) is 17.0 Å². The van der Waals surface area contributed by atoms with Crippen LogP contribution >= 0.6 is 58.0 Å². The zero-order valence-electron chi connectivity index (χ0n) is 30.3. The number of thiocarbonyl (C=S) groups is 1. The molecular formula is C45H31N3O4S5. The molecule has 280 valence electrons. The Hall–Kier alpha value is -5.63. The van der Waals surface area contributed by atoms with Gasteiger partial charge in [0.15, 0.2) is 6.73 Å². The summed E-state index contributed by atoms with van der Waals surface area (Å²) in [5.41, 5.74) is 5.70. The first-order valence-corrected chi connectivity index (χ1v) is 21.7. The lowest BCUT2D eigenvalue weighted by Gasteiger charge is -2.26. The highest BCUT2D eigenvalue weighted by Gasteiger charge is 2.33. The standard InChI is InChI=1S/C45H31N3O4S5/c1-2-46-43(51)41(57-45(46)53)44-47(26-52-27-49)42(50)40(56-44)23-28-11-17-33(18-12-28)48(34-19-13-29(14-20-34)38-24-31-7-3-5-9-36(31)54-38)35-21-15-30(16-22-35)39-25-32-8-4-6-10-37(32)55-39/h3-25,27H,2,26H2,1H3/b40-23+,44-41-. The average molecular weight is 838 g/mol. The fraction of sp³-hybridized carbons (Fsp3) is 0.0667. The Morgan fingerprint density at radius 1 is 0.702 bits per heavy atom. The van der Waals surface area contributed by atoms with Crippen LogP contribution in [0.4, 0.5) is 17.1 Å². The third-order valence-corrected chi connectivity index (χ3v) is 14.7. The van der Waals surface area contributed by atoms with Gasteiger partial charge in [0.25, 0.3) is 17.9 Å². The molecule has 0 atom stereocenters. The van der Waals surface area contributed by atoms with Gasteiger partial charge < -0.3 is 9.64 Å². The first-order valence-electron chi connectivity index (χ1n) is 18.0. The van der Waals surface area contributed by atoms with E-state index in [1.165, 1.54) is 50.7 Å². The van der Waals surface area contributed by atoms with Gasteiger partial charge in [0.2, 0.25) is 0 Å². The van der Waals surface area contributed by atoms with E-state index in [2.05, 4.69) is 114 Å².